The first-order valence-corrected chi connectivity index (χ1v) is 8.96. The lowest BCUT2D eigenvalue weighted by molar-refractivity contribution is 0.737. The number of aryl methyl sites for hydroxylation is 2. The number of halogens is 1. The Morgan fingerprint density at radius 1 is 1.05 bits per heavy atom. The van der Waals surface area contributed by atoms with Gasteiger partial charge in [-0.2, -0.15) is 0 Å². The van der Waals surface area contributed by atoms with Crippen LogP contribution in [0.2, 0.25) is 0 Å². The molecule has 2 rings (SSSR count). The molecule has 1 unspecified atom stereocenters. The van der Waals surface area contributed by atoms with Crippen LogP contribution in [0.3, 0.4) is 0 Å². The maximum absolute atomic E-state index is 5.86. The molecule has 1 atom stereocenters. The van der Waals surface area contributed by atoms with E-state index in [0.717, 1.165) is 16.6 Å². The van der Waals surface area contributed by atoms with Crippen LogP contribution in [-0.4, -0.2) is 6.04 Å². The van der Waals surface area contributed by atoms with E-state index in [1.165, 1.54) is 27.1 Å². The van der Waals surface area contributed by atoms with Crippen LogP contribution in [-0.2, 0) is 12.2 Å². The van der Waals surface area contributed by atoms with Crippen molar-refractivity contribution < 1.29 is 0 Å². The summed E-state index contributed by atoms with van der Waals surface area (Å²) in [5.74, 6) is 0.994. The highest BCUT2D eigenvalue weighted by atomic mass is 79.9. The van der Waals surface area contributed by atoms with E-state index >= 15 is 0 Å². The topological polar surface area (TPSA) is 26.0 Å². The SMILES string of the molecule is Cc1cc(C)cc(CSc2ccc(CC(C)N)cc2Br)c1. The minimum Gasteiger partial charge on any atom is -0.328 e. The van der Waals surface area contributed by atoms with Gasteiger partial charge in [-0.25, -0.2) is 0 Å². The van der Waals surface area contributed by atoms with Gasteiger partial charge in [0, 0.05) is 21.2 Å². The molecule has 0 aliphatic rings. The zero-order valence-electron chi connectivity index (χ0n) is 12.8. The highest BCUT2D eigenvalue weighted by Crippen LogP contribution is 2.31. The average Bonchev–Trinajstić information content (AvgIpc) is 2.36. The van der Waals surface area contributed by atoms with Crippen LogP contribution in [0.4, 0.5) is 0 Å². The van der Waals surface area contributed by atoms with Crippen molar-refractivity contribution in [2.75, 3.05) is 0 Å². The van der Waals surface area contributed by atoms with E-state index in [2.05, 4.69) is 66.2 Å². The molecule has 0 aliphatic carbocycles. The molecular formula is C18H22BrNS. The summed E-state index contributed by atoms with van der Waals surface area (Å²) < 4.78 is 1.16. The first kappa shape index (κ1) is 16.6. The van der Waals surface area contributed by atoms with Gasteiger partial charge >= 0.3 is 0 Å². The van der Waals surface area contributed by atoms with Gasteiger partial charge in [0.2, 0.25) is 0 Å². The zero-order chi connectivity index (χ0) is 15.4. The van der Waals surface area contributed by atoms with Gasteiger partial charge in [0.15, 0.2) is 0 Å². The van der Waals surface area contributed by atoms with Crippen LogP contribution in [0.1, 0.15) is 29.2 Å². The van der Waals surface area contributed by atoms with Gasteiger partial charge in [0.25, 0.3) is 0 Å². The van der Waals surface area contributed by atoms with Gasteiger partial charge in [-0.15, -0.1) is 11.8 Å². The summed E-state index contributed by atoms with van der Waals surface area (Å²) in [7, 11) is 0. The fourth-order valence-electron chi connectivity index (χ4n) is 2.47. The lowest BCUT2D eigenvalue weighted by Crippen LogP contribution is -2.17. The molecule has 21 heavy (non-hydrogen) atoms. The molecule has 0 spiro atoms. The van der Waals surface area contributed by atoms with E-state index < -0.39 is 0 Å². The number of benzene rings is 2. The van der Waals surface area contributed by atoms with E-state index in [4.69, 9.17) is 5.73 Å². The van der Waals surface area contributed by atoms with Gasteiger partial charge in [-0.3, -0.25) is 0 Å². The molecule has 2 aromatic rings. The molecule has 0 aliphatic heterocycles. The zero-order valence-corrected chi connectivity index (χ0v) is 15.2. The third-order valence-electron chi connectivity index (χ3n) is 3.23. The Hall–Kier alpha value is -0.770. The largest absolute Gasteiger partial charge is 0.328 e. The van der Waals surface area contributed by atoms with Gasteiger partial charge in [0.05, 0.1) is 0 Å². The maximum Gasteiger partial charge on any atom is 0.0314 e. The van der Waals surface area contributed by atoms with Crippen molar-refractivity contribution in [3.8, 4) is 0 Å². The van der Waals surface area contributed by atoms with Crippen molar-refractivity contribution in [2.24, 2.45) is 5.73 Å². The highest BCUT2D eigenvalue weighted by molar-refractivity contribution is 9.10. The lowest BCUT2D eigenvalue weighted by Gasteiger charge is -2.10. The van der Waals surface area contributed by atoms with E-state index in [1.807, 2.05) is 18.7 Å². The second-order valence-corrected chi connectivity index (χ2v) is 7.60. The van der Waals surface area contributed by atoms with Crippen molar-refractivity contribution in [2.45, 2.75) is 43.9 Å². The van der Waals surface area contributed by atoms with E-state index in [-0.39, 0.29) is 6.04 Å². The minimum absolute atomic E-state index is 0.200. The fraction of sp³-hybridized carbons (Fsp3) is 0.333. The first-order chi connectivity index (χ1) is 9.94. The fourth-order valence-corrected chi connectivity index (χ4v) is 4.09. The van der Waals surface area contributed by atoms with E-state index in [9.17, 15) is 0 Å². The van der Waals surface area contributed by atoms with Gasteiger partial charge in [-0.1, -0.05) is 35.4 Å². The third-order valence-corrected chi connectivity index (χ3v) is 5.29. The Morgan fingerprint density at radius 3 is 2.29 bits per heavy atom. The second-order valence-electron chi connectivity index (χ2n) is 5.73. The van der Waals surface area contributed by atoms with Crippen LogP contribution in [0, 0.1) is 13.8 Å². The maximum atomic E-state index is 5.86. The van der Waals surface area contributed by atoms with Crippen LogP contribution in [0.25, 0.3) is 0 Å². The van der Waals surface area contributed by atoms with E-state index in [1.54, 1.807) is 0 Å². The third kappa shape index (κ3) is 5.17. The second kappa shape index (κ2) is 7.48. The quantitative estimate of drug-likeness (QED) is 0.734. The Labute approximate surface area is 140 Å². The van der Waals surface area contributed by atoms with Crippen LogP contribution in [0.15, 0.2) is 45.8 Å². The molecule has 0 bridgehead atoms. The molecular weight excluding hydrogens is 342 g/mol. The summed E-state index contributed by atoms with van der Waals surface area (Å²) in [6, 6.07) is 13.5. The Bertz CT molecular complexity index is 602. The van der Waals surface area contributed by atoms with Gasteiger partial charge < -0.3 is 5.73 Å². The van der Waals surface area contributed by atoms with Gasteiger partial charge in [0.1, 0.15) is 0 Å². The number of thioether (sulfide) groups is 1. The van der Waals surface area contributed by atoms with Crippen molar-refractivity contribution >= 4 is 27.7 Å². The van der Waals surface area contributed by atoms with Crippen molar-refractivity contribution in [1.82, 2.24) is 0 Å². The molecule has 0 heterocycles. The molecule has 0 saturated carbocycles. The van der Waals surface area contributed by atoms with Crippen molar-refractivity contribution in [3.05, 3.63) is 63.1 Å². The van der Waals surface area contributed by atoms with Crippen molar-refractivity contribution in [3.63, 3.8) is 0 Å². The predicted octanol–water partition coefficient (Wildman–Crippen LogP) is 5.25. The monoisotopic (exact) mass is 363 g/mol. The Kier molecular flexibility index (Phi) is 5.91. The molecule has 1 nitrogen and oxygen atoms in total. The molecule has 3 heteroatoms. The average molecular weight is 364 g/mol. The summed E-state index contributed by atoms with van der Waals surface area (Å²) in [5.41, 5.74) is 11.2. The van der Waals surface area contributed by atoms with Crippen LogP contribution >= 0.6 is 27.7 Å². The standard InChI is InChI=1S/C18H22BrNS/c1-12-6-13(2)8-16(7-12)11-21-18-5-4-15(9-14(3)20)10-17(18)19/h4-8,10,14H,9,11,20H2,1-3H3. The molecule has 0 aromatic heterocycles. The van der Waals surface area contributed by atoms with Gasteiger partial charge in [-0.05, 0) is 66.4 Å². The normalized spacial score (nSPS) is 12.4. The molecule has 2 N–H and O–H groups in total. The number of nitrogens with two attached hydrogens (primary N) is 1. The summed E-state index contributed by atoms with van der Waals surface area (Å²) in [6.45, 7) is 6.34. The first-order valence-electron chi connectivity index (χ1n) is 7.18. The highest BCUT2D eigenvalue weighted by Gasteiger charge is 2.05. The summed E-state index contributed by atoms with van der Waals surface area (Å²) >= 11 is 5.54. The Balaban J connectivity index is 2.06. The minimum atomic E-state index is 0.200. The molecule has 112 valence electrons. The number of hydrogen-bond acceptors (Lipinski definition) is 2. The summed E-state index contributed by atoms with van der Waals surface area (Å²) in [4.78, 5) is 1.28. The molecule has 0 radical (unpaired) electrons. The number of rotatable bonds is 5. The smallest absolute Gasteiger partial charge is 0.0314 e. The van der Waals surface area contributed by atoms with Crippen molar-refractivity contribution in [1.29, 1.82) is 0 Å². The Morgan fingerprint density at radius 2 is 1.71 bits per heavy atom. The summed E-state index contributed by atoms with van der Waals surface area (Å²) in [6.07, 6.45) is 0.917. The van der Waals surface area contributed by atoms with Crippen LogP contribution in [0.5, 0.6) is 0 Å². The molecule has 2 aromatic carbocycles. The summed E-state index contributed by atoms with van der Waals surface area (Å²) in [5, 5.41) is 0. The molecule has 0 amide bonds. The van der Waals surface area contributed by atoms with E-state index in [0.29, 0.717) is 0 Å². The van der Waals surface area contributed by atoms with Crippen LogP contribution < -0.4 is 5.73 Å². The lowest BCUT2D eigenvalue weighted by atomic mass is 10.1. The number of hydrogen-bond donors (Lipinski definition) is 1. The molecule has 0 saturated heterocycles. The predicted molar refractivity (Wildman–Crippen MR) is 97.0 cm³/mol. The molecule has 0 fully saturated rings.